The predicted molar refractivity (Wildman–Crippen MR) is 68.4 cm³/mol. The van der Waals surface area contributed by atoms with Crippen LogP contribution in [0.1, 0.15) is 31.2 Å². The van der Waals surface area contributed by atoms with Crippen molar-refractivity contribution in [1.82, 2.24) is 4.90 Å². The van der Waals surface area contributed by atoms with Gasteiger partial charge < -0.3 is 10.2 Å². The van der Waals surface area contributed by atoms with Gasteiger partial charge in [0.1, 0.15) is 11.6 Å². The SMILES string of the molecule is O=C(O)CC1CCCCN1Cc1cc(O)cc(F)c1. The molecular weight excluding hydrogens is 249 g/mol. The number of hydrogen-bond acceptors (Lipinski definition) is 3. The van der Waals surface area contributed by atoms with Crippen LogP contribution in [0.3, 0.4) is 0 Å². The minimum atomic E-state index is -0.806. The Morgan fingerprint density at radius 3 is 2.84 bits per heavy atom. The Morgan fingerprint density at radius 1 is 1.37 bits per heavy atom. The fourth-order valence-electron chi connectivity index (χ4n) is 2.66. The number of carbonyl (C=O) groups is 1. The highest BCUT2D eigenvalue weighted by Gasteiger charge is 2.24. The molecule has 1 aromatic rings. The standard InChI is InChI=1S/C14H18FNO3/c15-11-5-10(6-13(17)7-11)9-16-4-2-1-3-12(16)8-14(18)19/h5-7,12,17H,1-4,8-9H2,(H,18,19). The molecule has 1 unspecified atom stereocenters. The maximum Gasteiger partial charge on any atom is 0.304 e. The number of halogens is 1. The van der Waals surface area contributed by atoms with Gasteiger partial charge in [0.05, 0.1) is 6.42 Å². The smallest absolute Gasteiger partial charge is 0.304 e. The lowest BCUT2D eigenvalue weighted by atomic mass is 9.98. The molecule has 0 amide bonds. The molecule has 104 valence electrons. The summed E-state index contributed by atoms with van der Waals surface area (Å²) in [6, 6.07) is 3.97. The Balaban J connectivity index is 2.08. The van der Waals surface area contributed by atoms with Gasteiger partial charge in [0.2, 0.25) is 0 Å². The van der Waals surface area contributed by atoms with Crippen molar-refractivity contribution in [2.75, 3.05) is 6.54 Å². The minimum absolute atomic E-state index is 0.00309. The lowest BCUT2D eigenvalue weighted by Gasteiger charge is -2.35. The van der Waals surface area contributed by atoms with Crippen LogP contribution in [0.2, 0.25) is 0 Å². The molecule has 1 fully saturated rings. The van der Waals surface area contributed by atoms with Gasteiger partial charge >= 0.3 is 5.97 Å². The Morgan fingerprint density at radius 2 is 2.16 bits per heavy atom. The summed E-state index contributed by atoms with van der Waals surface area (Å²) >= 11 is 0. The van der Waals surface area contributed by atoms with E-state index in [1.165, 1.54) is 12.1 Å². The Labute approximate surface area is 111 Å². The fraction of sp³-hybridized carbons (Fsp3) is 0.500. The number of aromatic hydroxyl groups is 1. The summed E-state index contributed by atoms with van der Waals surface area (Å²) in [5.41, 5.74) is 0.676. The Bertz CT molecular complexity index is 444. The van der Waals surface area contributed by atoms with E-state index in [-0.39, 0.29) is 18.2 Å². The third-order valence-electron chi connectivity index (χ3n) is 3.49. The first kappa shape index (κ1) is 13.8. The van der Waals surface area contributed by atoms with E-state index in [2.05, 4.69) is 4.90 Å². The van der Waals surface area contributed by atoms with E-state index in [0.717, 1.165) is 31.9 Å². The molecule has 1 aliphatic rings. The van der Waals surface area contributed by atoms with Crippen LogP contribution in [0.5, 0.6) is 5.75 Å². The van der Waals surface area contributed by atoms with Gasteiger partial charge in [-0.2, -0.15) is 0 Å². The van der Waals surface area contributed by atoms with E-state index >= 15 is 0 Å². The number of piperidine rings is 1. The molecule has 1 aliphatic heterocycles. The number of carboxylic acid groups (broad SMARTS) is 1. The summed E-state index contributed by atoms with van der Waals surface area (Å²) in [5.74, 6) is -1.37. The maximum absolute atomic E-state index is 13.2. The van der Waals surface area contributed by atoms with Gasteiger partial charge in [0.15, 0.2) is 0 Å². The number of benzene rings is 1. The number of hydrogen-bond donors (Lipinski definition) is 2. The number of phenols is 1. The molecule has 5 heteroatoms. The largest absolute Gasteiger partial charge is 0.508 e. The van der Waals surface area contributed by atoms with E-state index in [1.807, 2.05) is 0 Å². The summed E-state index contributed by atoms with van der Waals surface area (Å²) in [5, 5.41) is 18.3. The molecule has 0 spiro atoms. The number of nitrogens with zero attached hydrogens (tertiary/aromatic N) is 1. The first-order valence-electron chi connectivity index (χ1n) is 6.49. The molecule has 1 atom stereocenters. The highest BCUT2D eigenvalue weighted by molar-refractivity contribution is 5.67. The third-order valence-corrected chi connectivity index (χ3v) is 3.49. The van der Waals surface area contributed by atoms with Gasteiger partial charge in [-0.15, -0.1) is 0 Å². The zero-order chi connectivity index (χ0) is 13.8. The molecule has 2 rings (SSSR count). The van der Waals surface area contributed by atoms with Crippen LogP contribution in [0, 0.1) is 5.82 Å². The molecule has 2 N–H and O–H groups in total. The summed E-state index contributed by atoms with van der Waals surface area (Å²) < 4.78 is 13.2. The number of rotatable bonds is 4. The molecule has 19 heavy (non-hydrogen) atoms. The summed E-state index contributed by atoms with van der Waals surface area (Å²) in [7, 11) is 0. The first-order valence-corrected chi connectivity index (χ1v) is 6.49. The Hall–Kier alpha value is -1.62. The van der Waals surface area contributed by atoms with Crippen molar-refractivity contribution in [3.05, 3.63) is 29.6 Å². The van der Waals surface area contributed by atoms with Crippen molar-refractivity contribution >= 4 is 5.97 Å². The first-order chi connectivity index (χ1) is 9.04. The van der Waals surface area contributed by atoms with Crippen LogP contribution >= 0.6 is 0 Å². The molecule has 0 aromatic heterocycles. The van der Waals surface area contributed by atoms with Gasteiger partial charge in [0, 0.05) is 18.7 Å². The van der Waals surface area contributed by atoms with Crippen molar-refractivity contribution < 1.29 is 19.4 Å². The number of aliphatic carboxylic acids is 1. The van der Waals surface area contributed by atoms with Gasteiger partial charge in [-0.05, 0) is 37.1 Å². The quantitative estimate of drug-likeness (QED) is 0.879. The summed E-state index contributed by atoms with van der Waals surface area (Å²) in [6.45, 7) is 1.29. The lowest BCUT2D eigenvalue weighted by Crippen LogP contribution is -2.40. The summed E-state index contributed by atoms with van der Waals surface area (Å²) in [6.07, 6.45) is 3.02. The van der Waals surface area contributed by atoms with Crippen molar-refractivity contribution in [2.24, 2.45) is 0 Å². The molecule has 0 aliphatic carbocycles. The molecule has 1 aromatic carbocycles. The average Bonchev–Trinajstić information content (AvgIpc) is 2.29. The molecule has 0 radical (unpaired) electrons. The summed E-state index contributed by atoms with van der Waals surface area (Å²) in [4.78, 5) is 12.9. The normalized spacial score (nSPS) is 20.4. The lowest BCUT2D eigenvalue weighted by molar-refractivity contribution is -0.138. The van der Waals surface area contributed by atoms with Crippen molar-refractivity contribution in [1.29, 1.82) is 0 Å². The van der Waals surface area contributed by atoms with Crippen molar-refractivity contribution in [2.45, 2.75) is 38.3 Å². The van der Waals surface area contributed by atoms with E-state index in [0.29, 0.717) is 12.1 Å². The second-order valence-corrected chi connectivity index (χ2v) is 5.04. The van der Waals surface area contributed by atoms with Crippen molar-refractivity contribution in [3.8, 4) is 5.75 Å². The van der Waals surface area contributed by atoms with Gasteiger partial charge in [-0.1, -0.05) is 6.42 Å². The predicted octanol–water partition coefficient (Wildman–Crippen LogP) is 2.36. The van der Waals surface area contributed by atoms with Crippen LogP contribution in [-0.4, -0.2) is 33.7 Å². The highest BCUT2D eigenvalue weighted by Crippen LogP contribution is 2.23. The van der Waals surface area contributed by atoms with Crippen LogP contribution in [0.15, 0.2) is 18.2 Å². The highest BCUT2D eigenvalue weighted by atomic mass is 19.1. The second kappa shape index (κ2) is 6.02. The monoisotopic (exact) mass is 267 g/mol. The number of carboxylic acids is 1. The van der Waals surface area contributed by atoms with Crippen LogP contribution in [0.25, 0.3) is 0 Å². The zero-order valence-electron chi connectivity index (χ0n) is 10.7. The fourth-order valence-corrected chi connectivity index (χ4v) is 2.66. The zero-order valence-corrected chi connectivity index (χ0v) is 10.7. The molecule has 0 saturated carbocycles. The molecule has 0 bridgehead atoms. The van der Waals surface area contributed by atoms with Gasteiger partial charge in [0.25, 0.3) is 0 Å². The molecule has 1 heterocycles. The maximum atomic E-state index is 13.2. The second-order valence-electron chi connectivity index (χ2n) is 5.04. The van der Waals surface area contributed by atoms with E-state index < -0.39 is 11.8 Å². The van der Waals surface area contributed by atoms with Crippen LogP contribution in [0.4, 0.5) is 4.39 Å². The minimum Gasteiger partial charge on any atom is -0.508 e. The molecule has 4 nitrogen and oxygen atoms in total. The number of likely N-dealkylation sites (tertiary alicyclic amines) is 1. The van der Waals surface area contributed by atoms with Crippen molar-refractivity contribution in [3.63, 3.8) is 0 Å². The van der Waals surface area contributed by atoms with Gasteiger partial charge in [-0.3, -0.25) is 9.69 Å². The number of phenolic OH excluding ortho intramolecular Hbond substituents is 1. The van der Waals surface area contributed by atoms with E-state index in [4.69, 9.17) is 5.11 Å². The average molecular weight is 267 g/mol. The van der Waals surface area contributed by atoms with E-state index in [1.54, 1.807) is 0 Å². The molecular formula is C14H18FNO3. The van der Waals surface area contributed by atoms with E-state index in [9.17, 15) is 14.3 Å². The van der Waals surface area contributed by atoms with Crippen LogP contribution < -0.4 is 0 Å². The van der Waals surface area contributed by atoms with Gasteiger partial charge in [-0.25, -0.2) is 4.39 Å². The third kappa shape index (κ3) is 3.92. The topological polar surface area (TPSA) is 60.8 Å². The molecule has 1 saturated heterocycles. The van der Waals surface area contributed by atoms with Crippen LogP contribution in [-0.2, 0) is 11.3 Å². The Kier molecular flexibility index (Phi) is 4.37.